The molecule has 23 heavy (non-hydrogen) atoms. The van der Waals surface area contributed by atoms with Gasteiger partial charge in [-0.1, -0.05) is 24.3 Å². The van der Waals surface area contributed by atoms with Crippen LogP contribution in [0.3, 0.4) is 0 Å². The predicted octanol–water partition coefficient (Wildman–Crippen LogP) is 3.71. The zero-order valence-corrected chi connectivity index (χ0v) is 14.3. The highest BCUT2D eigenvalue weighted by Gasteiger charge is 2.34. The Labute approximate surface area is 138 Å². The summed E-state index contributed by atoms with van der Waals surface area (Å²) in [5.41, 5.74) is 3.33. The number of nitrogens with one attached hydrogen (secondary N) is 1. The maximum atomic E-state index is 12.8. The number of carbonyl (C=O) groups is 1. The molecule has 2 heterocycles. The average molecular weight is 311 g/mol. The van der Waals surface area contributed by atoms with Crippen molar-refractivity contribution < 1.29 is 4.79 Å². The summed E-state index contributed by atoms with van der Waals surface area (Å²) in [6.07, 6.45) is 2.10. The number of rotatable bonds is 1. The molecule has 122 valence electrons. The third-order valence-corrected chi connectivity index (χ3v) is 4.26. The van der Waals surface area contributed by atoms with Crippen molar-refractivity contribution in [2.75, 3.05) is 6.54 Å². The first-order valence-electron chi connectivity index (χ1n) is 8.16. The lowest BCUT2D eigenvalue weighted by molar-refractivity contribution is 0.160. The summed E-state index contributed by atoms with van der Waals surface area (Å²) in [6, 6.07) is 12.5. The Bertz CT molecular complexity index is 711. The molecule has 4 nitrogen and oxygen atoms in total. The van der Waals surface area contributed by atoms with Crippen LogP contribution < -0.4 is 5.32 Å². The molecule has 3 rings (SSSR count). The Hall–Kier alpha value is -2.23. The van der Waals surface area contributed by atoms with E-state index in [1.165, 1.54) is 16.8 Å². The van der Waals surface area contributed by atoms with Crippen LogP contribution in [0.2, 0.25) is 0 Å². The highest BCUT2D eigenvalue weighted by molar-refractivity contribution is 5.76. The average Bonchev–Trinajstić information content (AvgIpc) is 2.93. The normalized spacial score (nSPS) is 17.7. The van der Waals surface area contributed by atoms with Crippen molar-refractivity contribution >= 4 is 6.03 Å². The Balaban J connectivity index is 2.02. The fourth-order valence-electron chi connectivity index (χ4n) is 3.22. The van der Waals surface area contributed by atoms with Crippen molar-refractivity contribution in [1.82, 2.24) is 14.8 Å². The van der Waals surface area contributed by atoms with Crippen molar-refractivity contribution in [1.29, 1.82) is 0 Å². The Morgan fingerprint density at radius 2 is 1.87 bits per heavy atom. The number of amides is 2. The number of aromatic nitrogens is 1. The lowest BCUT2D eigenvalue weighted by atomic mass is 9.96. The minimum atomic E-state index is -0.243. The number of nitrogens with zero attached hydrogens (tertiary/aromatic N) is 2. The first-order valence-corrected chi connectivity index (χ1v) is 8.16. The molecular weight excluding hydrogens is 286 g/mol. The summed E-state index contributed by atoms with van der Waals surface area (Å²) in [6.45, 7) is 9.70. The number of benzene rings is 1. The van der Waals surface area contributed by atoms with Gasteiger partial charge < -0.3 is 14.8 Å². The molecule has 1 aromatic heterocycles. The fourth-order valence-corrected chi connectivity index (χ4v) is 3.22. The van der Waals surface area contributed by atoms with Gasteiger partial charge in [0.1, 0.15) is 0 Å². The fraction of sp³-hybridized carbons (Fsp3) is 0.421. The zero-order valence-electron chi connectivity index (χ0n) is 14.3. The smallest absolute Gasteiger partial charge is 0.318 e. The second-order valence-corrected chi connectivity index (χ2v) is 7.26. The van der Waals surface area contributed by atoms with Gasteiger partial charge in [-0.15, -0.1) is 0 Å². The maximum absolute atomic E-state index is 12.8. The van der Waals surface area contributed by atoms with Crippen molar-refractivity contribution in [3.8, 4) is 0 Å². The quantitative estimate of drug-likeness (QED) is 0.856. The van der Waals surface area contributed by atoms with E-state index in [9.17, 15) is 4.79 Å². The van der Waals surface area contributed by atoms with Crippen LogP contribution in [0.15, 0.2) is 42.6 Å². The summed E-state index contributed by atoms with van der Waals surface area (Å²) in [4.78, 5) is 14.8. The van der Waals surface area contributed by atoms with Gasteiger partial charge in [-0.25, -0.2) is 4.79 Å². The Morgan fingerprint density at radius 3 is 2.57 bits per heavy atom. The Kier molecular flexibility index (Phi) is 3.92. The van der Waals surface area contributed by atoms with Gasteiger partial charge in [0.15, 0.2) is 0 Å². The molecule has 1 N–H and O–H groups in total. The molecule has 0 spiro atoms. The van der Waals surface area contributed by atoms with Crippen molar-refractivity contribution in [3.63, 3.8) is 0 Å². The van der Waals surface area contributed by atoms with E-state index >= 15 is 0 Å². The SMILES string of the molecule is Cc1ccccc1C1c2cccn2CCN1C(=O)NC(C)(C)C. The van der Waals surface area contributed by atoms with E-state index in [1.54, 1.807) is 0 Å². The van der Waals surface area contributed by atoms with E-state index in [4.69, 9.17) is 0 Å². The number of fused-ring (bicyclic) bond motifs is 1. The summed E-state index contributed by atoms with van der Waals surface area (Å²) in [5, 5.41) is 3.11. The van der Waals surface area contributed by atoms with E-state index < -0.39 is 0 Å². The van der Waals surface area contributed by atoms with Crippen LogP contribution in [-0.4, -0.2) is 27.6 Å². The predicted molar refractivity (Wildman–Crippen MR) is 92.4 cm³/mol. The largest absolute Gasteiger partial charge is 0.348 e. The van der Waals surface area contributed by atoms with Gasteiger partial charge >= 0.3 is 6.03 Å². The molecule has 1 aliphatic heterocycles. The molecule has 0 fully saturated rings. The molecule has 0 bridgehead atoms. The van der Waals surface area contributed by atoms with E-state index in [-0.39, 0.29) is 17.6 Å². The molecule has 1 unspecified atom stereocenters. The lowest BCUT2D eigenvalue weighted by Gasteiger charge is -2.39. The number of hydrogen-bond acceptors (Lipinski definition) is 1. The molecule has 1 atom stereocenters. The number of hydrogen-bond donors (Lipinski definition) is 1. The van der Waals surface area contributed by atoms with Crippen LogP contribution >= 0.6 is 0 Å². The number of carbonyl (C=O) groups excluding carboxylic acids is 1. The highest BCUT2D eigenvalue weighted by Crippen LogP contribution is 2.34. The number of aryl methyl sites for hydroxylation is 1. The van der Waals surface area contributed by atoms with Crippen LogP contribution in [0.5, 0.6) is 0 Å². The van der Waals surface area contributed by atoms with Crippen molar-refractivity contribution in [2.45, 2.75) is 45.8 Å². The van der Waals surface area contributed by atoms with E-state index in [0.29, 0.717) is 6.54 Å². The van der Waals surface area contributed by atoms with Crippen LogP contribution in [-0.2, 0) is 6.54 Å². The minimum absolute atomic E-state index is 0.00166. The van der Waals surface area contributed by atoms with Gasteiger partial charge in [0.05, 0.1) is 6.04 Å². The minimum Gasteiger partial charge on any atom is -0.348 e. The van der Waals surface area contributed by atoms with Crippen molar-refractivity contribution in [3.05, 3.63) is 59.4 Å². The van der Waals surface area contributed by atoms with Gasteiger partial charge in [0.25, 0.3) is 0 Å². The molecule has 4 heteroatoms. The van der Waals surface area contributed by atoms with Gasteiger partial charge in [-0.2, -0.15) is 0 Å². The standard InChI is InChI=1S/C19H25N3O/c1-14-8-5-6-9-15(14)17-16-10-7-11-21(16)12-13-22(17)18(23)20-19(2,3)4/h5-11,17H,12-13H2,1-4H3,(H,20,23). The zero-order chi connectivity index (χ0) is 16.6. The van der Waals surface area contributed by atoms with Crippen LogP contribution in [0, 0.1) is 6.92 Å². The molecule has 2 aromatic rings. The molecule has 2 amide bonds. The summed E-state index contributed by atoms with van der Waals surface area (Å²) >= 11 is 0. The molecule has 0 saturated carbocycles. The first kappa shape index (κ1) is 15.7. The molecule has 1 aromatic carbocycles. The Morgan fingerprint density at radius 1 is 1.13 bits per heavy atom. The van der Waals surface area contributed by atoms with Gasteiger partial charge in [0.2, 0.25) is 0 Å². The molecule has 0 aliphatic carbocycles. The van der Waals surface area contributed by atoms with Gasteiger partial charge in [0, 0.05) is 30.5 Å². The highest BCUT2D eigenvalue weighted by atomic mass is 16.2. The van der Waals surface area contributed by atoms with Gasteiger partial charge in [-0.3, -0.25) is 0 Å². The first-order chi connectivity index (χ1) is 10.9. The van der Waals surface area contributed by atoms with Crippen molar-refractivity contribution in [2.24, 2.45) is 0 Å². The van der Waals surface area contributed by atoms with E-state index in [2.05, 4.69) is 47.3 Å². The second kappa shape index (κ2) is 5.76. The maximum Gasteiger partial charge on any atom is 0.318 e. The van der Waals surface area contributed by atoms with Crippen LogP contribution in [0.1, 0.15) is 43.6 Å². The summed E-state index contributed by atoms with van der Waals surface area (Å²) in [5.74, 6) is 0. The van der Waals surface area contributed by atoms with Gasteiger partial charge in [-0.05, 0) is 51.0 Å². The molecule has 1 aliphatic rings. The molecule has 0 saturated heterocycles. The van der Waals surface area contributed by atoms with Crippen LogP contribution in [0.25, 0.3) is 0 Å². The summed E-state index contributed by atoms with van der Waals surface area (Å²) < 4.78 is 2.25. The topological polar surface area (TPSA) is 37.3 Å². The third kappa shape index (κ3) is 3.11. The van der Waals surface area contributed by atoms with E-state index in [1.807, 2.05) is 37.8 Å². The monoisotopic (exact) mass is 311 g/mol. The molecule has 0 radical (unpaired) electrons. The lowest BCUT2D eigenvalue weighted by Crippen LogP contribution is -2.52. The van der Waals surface area contributed by atoms with E-state index in [0.717, 1.165) is 6.54 Å². The second-order valence-electron chi connectivity index (χ2n) is 7.26. The summed E-state index contributed by atoms with van der Waals surface area (Å²) in [7, 11) is 0. The van der Waals surface area contributed by atoms with Crippen LogP contribution in [0.4, 0.5) is 4.79 Å². The third-order valence-electron chi connectivity index (χ3n) is 4.26. The number of urea groups is 1. The molecular formula is C19H25N3O.